The largest absolute Gasteiger partial charge is 0.198 e. The highest BCUT2D eigenvalue weighted by molar-refractivity contribution is 7.06. The summed E-state index contributed by atoms with van der Waals surface area (Å²) in [6.45, 7) is 2.08. The first kappa shape index (κ1) is 8.00. The predicted molar refractivity (Wildman–Crippen MR) is 38.5 cm³/mol. The van der Waals surface area contributed by atoms with E-state index in [4.69, 9.17) is 16.3 Å². The van der Waals surface area contributed by atoms with Crippen LogP contribution in [0.2, 0.25) is 12.6 Å². The SMILES string of the molecule is C[SiH](Cl)CCCC#N. The van der Waals surface area contributed by atoms with E-state index in [0.29, 0.717) is 6.42 Å². The molecule has 1 nitrogen and oxygen atoms in total. The summed E-state index contributed by atoms with van der Waals surface area (Å²) in [6, 6.07) is 3.18. The van der Waals surface area contributed by atoms with Crippen LogP contribution in [0.15, 0.2) is 0 Å². The molecule has 0 aliphatic heterocycles. The van der Waals surface area contributed by atoms with Gasteiger partial charge >= 0.3 is 0 Å². The van der Waals surface area contributed by atoms with Crippen molar-refractivity contribution in [1.29, 1.82) is 5.26 Å². The van der Waals surface area contributed by atoms with Gasteiger partial charge in [0.1, 0.15) is 8.11 Å². The van der Waals surface area contributed by atoms with Gasteiger partial charge in [0, 0.05) is 6.42 Å². The van der Waals surface area contributed by atoms with Gasteiger partial charge < -0.3 is 0 Å². The van der Waals surface area contributed by atoms with Crippen molar-refractivity contribution < 1.29 is 0 Å². The van der Waals surface area contributed by atoms with E-state index >= 15 is 0 Å². The Morgan fingerprint density at radius 3 is 2.75 bits per heavy atom. The Bertz CT molecular complexity index is 86.9. The van der Waals surface area contributed by atoms with E-state index < -0.39 is 8.11 Å². The van der Waals surface area contributed by atoms with Gasteiger partial charge in [-0.05, 0) is 12.5 Å². The average Bonchev–Trinajstić information content (AvgIpc) is 1.66. The van der Waals surface area contributed by atoms with Crippen LogP contribution in [-0.2, 0) is 0 Å². The van der Waals surface area contributed by atoms with Gasteiger partial charge in [0.05, 0.1) is 6.07 Å². The van der Waals surface area contributed by atoms with Crippen molar-refractivity contribution in [2.24, 2.45) is 0 Å². The highest BCUT2D eigenvalue weighted by Gasteiger charge is 1.95. The molecule has 0 radical (unpaired) electrons. The van der Waals surface area contributed by atoms with Crippen LogP contribution >= 0.6 is 11.1 Å². The summed E-state index contributed by atoms with van der Waals surface area (Å²) in [5, 5.41) is 8.10. The van der Waals surface area contributed by atoms with E-state index in [-0.39, 0.29) is 0 Å². The number of unbranched alkanes of at least 4 members (excludes halogenated alkanes) is 1. The van der Waals surface area contributed by atoms with Crippen LogP contribution in [0.1, 0.15) is 12.8 Å². The molecule has 0 bridgehead atoms. The Hall–Kier alpha value is -0.00312. The molecule has 8 heavy (non-hydrogen) atoms. The van der Waals surface area contributed by atoms with Crippen molar-refractivity contribution in [3.05, 3.63) is 0 Å². The summed E-state index contributed by atoms with van der Waals surface area (Å²) < 4.78 is 0. The van der Waals surface area contributed by atoms with Crippen LogP contribution in [0.25, 0.3) is 0 Å². The number of nitriles is 1. The minimum atomic E-state index is -0.881. The van der Waals surface area contributed by atoms with Crippen LogP contribution in [0, 0.1) is 11.3 Å². The molecule has 0 aliphatic rings. The zero-order chi connectivity index (χ0) is 6.41. The number of hydrogen-bond acceptors (Lipinski definition) is 1. The second-order valence-corrected chi connectivity index (χ2v) is 6.21. The molecule has 0 N–H and O–H groups in total. The number of rotatable bonds is 3. The fourth-order valence-electron chi connectivity index (χ4n) is 0.462. The summed E-state index contributed by atoms with van der Waals surface area (Å²) in [7, 11) is -0.881. The highest BCUT2D eigenvalue weighted by atomic mass is 35.6. The third-order valence-electron chi connectivity index (χ3n) is 0.890. The fourth-order valence-corrected chi connectivity index (χ4v) is 1.69. The zero-order valence-electron chi connectivity index (χ0n) is 5.02. The fraction of sp³-hybridized carbons (Fsp3) is 0.800. The Kier molecular flexibility index (Phi) is 5.14. The quantitative estimate of drug-likeness (QED) is 0.340. The lowest BCUT2D eigenvalue weighted by atomic mass is 10.4. The molecule has 46 valence electrons. The summed E-state index contributed by atoms with van der Waals surface area (Å²) in [4.78, 5) is 0. The molecule has 0 aromatic rings. The number of nitrogens with zero attached hydrogens (tertiary/aromatic N) is 1. The average molecular weight is 148 g/mol. The van der Waals surface area contributed by atoms with Gasteiger partial charge in [-0.1, -0.05) is 6.55 Å². The van der Waals surface area contributed by atoms with Crippen LogP contribution in [0.4, 0.5) is 0 Å². The minimum absolute atomic E-state index is 0.671. The predicted octanol–water partition coefficient (Wildman–Crippen LogP) is 1.88. The van der Waals surface area contributed by atoms with Crippen molar-refractivity contribution in [2.45, 2.75) is 25.4 Å². The Labute approximate surface area is 56.6 Å². The van der Waals surface area contributed by atoms with Gasteiger partial charge in [-0.25, -0.2) is 0 Å². The van der Waals surface area contributed by atoms with Gasteiger partial charge in [0.2, 0.25) is 0 Å². The standard InChI is InChI=1S/C5H10ClNSi/c1-8(6)5-3-2-4-7/h8H,2-3,5H2,1H3. The van der Waals surface area contributed by atoms with E-state index in [1.807, 2.05) is 0 Å². The van der Waals surface area contributed by atoms with Crippen molar-refractivity contribution in [3.63, 3.8) is 0 Å². The lowest BCUT2D eigenvalue weighted by Crippen LogP contribution is -1.93. The van der Waals surface area contributed by atoms with Crippen molar-refractivity contribution in [1.82, 2.24) is 0 Å². The summed E-state index contributed by atoms with van der Waals surface area (Å²) in [5.74, 6) is 0. The monoisotopic (exact) mass is 147 g/mol. The second-order valence-electron chi connectivity index (χ2n) is 1.83. The maximum atomic E-state index is 8.10. The van der Waals surface area contributed by atoms with E-state index in [2.05, 4.69) is 12.6 Å². The molecule has 0 aromatic carbocycles. The molecule has 0 fully saturated rings. The van der Waals surface area contributed by atoms with Crippen LogP contribution in [0.3, 0.4) is 0 Å². The molecule has 1 unspecified atom stereocenters. The van der Waals surface area contributed by atoms with Gasteiger partial charge in [-0.15, -0.1) is 0 Å². The zero-order valence-corrected chi connectivity index (χ0v) is 6.93. The molecule has 0 saturated heterocycles. The first-order chi connectivity index (χ1) is 3.77. The summed E-state index contributed by atoms with van der Waals surface area (Å²) in [5.41, 5.74) is 0. The number of hydrogen-bond donors (Lipinski definition) is 0. The van der Waals surface area contributed by atoms with Gasteiger partial charge in [-0.2, -0.15) is 16.3 Å². The van der Waals surface area contributed by atoms with Crippen molar-refractivity contribution in [3.8, 4) is 6.07 Å². The second kappa shape index (κ2) is 5.14. The lowest BCUT2D eigenvalue weighted by molar-refractivity contribution is 0.958. The Morgan fingerprint density at radius 2 is 2.38 bits per heavy atom. The third-order valence-corrected chi connectivity index (χ3v) is 2.75. The molecular weight excluding hydrogens is 138 g/mol. The van der Waals surface area contributed by atoms with Gasteiger partial charge in [0.15, 0.2) is 0 Å². The molecule has 0 saturated carbocycles. The number of halogens is 1. The minimum Gasteiger partial charge on any atom is -0.198 e. The maximum Gasteiger partial charge on any atom is 0.138 e. The third kappa shape index (κ3) is 6.00. The molecule has 0 heterocycles. The highest BCUT2D eigenvalue weighted by Crippen LogP contribution is 2.02. The molecule has 1 atom stereocenters. The van der Waals surface area contributed by atoms with E-state index in [9.17, 15) is 0 Å². The molecule has 0 spiro atoms. The van der Waals surface area contributed by atoms with Gasteiger partial charge in [-0.3, -0.25) is 0 Å². The summed E-state index contributed by atoms with van der Waals surface area (Å²) in [6.07, 6.45) is 1.66. The lowest BCUT2D eigenvalue weighted by Gasteiger charge is -1.93. The summed E-state index contributed by atoms with van der Waals surface area (Å²) >= 11 is 5.74. The van der Waals surface area contributed by atoms with Crippen LogP contribution in [0.5, 0.6) is 0 Å². The van der Waals surface area contributed by atoms with E-state index in [1.165, 1.54) is 0 Å². The van der Waals surface area contributed by atoms with Crippen LogP contribution < -0.4 is 0 Å². The smallest absolute Gasteiger partial charge is 0.138 e. The normalized spacial score (nSPS) is 12.6. The Balaban J connectivity index is 2.85. The molecule has 3 heteroatoms. The molecular formula is C5H10ClNSi. The van der Waals surface area contributed by atoms with Gasteiger partial charge in [0.25, 0.3) is 0 Å². The van der Waals surface area contributed by atoms with Crippen LogP contribution in [-0.4, -0.2) is 8.11 Å². The first-order valence-electron chi connectivity index (χ1n) is 2.78. The van der Waals surface area contributed by atoms with Crippen molar-refractivity contribution >= 4 is 19.2 Å². The maximum absolute atomic E-state index is 8.10. The van der Waals surface area contributed by atoms with E-state index in [1.54, 1.807) is 0 Å². The first-order valence-corrected chi connectivity index (χ1v) is 6.50. The molecule has 0 rings (SSSR count). The van der Waals surface area contributed by atoms with E-state index in [0.717, 1.165) is 12.5 Å². The van der Waals surface area contributed by atoms with Crippen molar-refractivity contribution in [2.75, 3.05) is 0 Å². The molecule has 0 aromatic heterocycles. The topological polar surface area (TPSA) is 23.8 Å². The Morgan fingerprint density at radius 1 is 1.75 bits per heavy atom. The molecule has 0 amide bonds. The molecule has 0 aliphatic carbocycles.